The van der Waals surface area contributed by atoms with Crippen LogP contribution >= 0.6 is 0 Å². The molecular formula is C16H25FN2O. The Morgan fingerprint density at radius 2 is 2.30 bits per heavy atom. The summed E-state index contributed by atoms with van der Waals surface area (Å²) in [5.41, 5.74) is 6.83. The summed E-state index contributed by atoms with van der Waals surface area (Å²) >= 11 is 0. The molecule has 2 unspecified atom stereocenters. The molecule has 0 radical (unpaired) electrons. The number of ether oxygens (including phenoxy) is 1. The Morgan fingerprint density at radius 1 is 1.50 bits per heavy atom. The molecule has 3 nitrogen and oxygen atoms in total. The molecule has 2 N–H and O–H groups in total. The second-order valence-electron chi connectivity index (χ2n) is 5.70. The van der Waals surface area contributed by atoms with Gasteiger partial charge in [-0.3, -0.25) is 0 Å². The van der Waals surface area contributed by atoms with Gasteiger partial charge in [-0.05, 0) is 37.5 Å². The van der Waals surface area contributed by atoms with Gasteiger partial charge >= 0.3 is 0 Å². The average Bonchev–Trinajstić information content (AvgIpc) is 2.47. The third-order valence-electron chi connectivity index (χ3n) is 4.43. The van der Waals surface area contributed by atoms with Gasteiger partial charge in [-0.25, -0.2) is 4.39 Å². The molecule has 0 spiro atoms. The van der Waals surface area contributed by atoms with Crippen LogP contribution in [0.3, 0.4) is 0 Å². The summed E-state index contributed by atoms with van der Waals surface area (Å²) in [5, 5.41) is 0. The predicted molar refractivity (Wildman–Crippen MR) is 80.5 cm³/mol. The van der Waals surface area contributed by atoms with Gasteiger partial charge in [-0.2, -0.15) is 0 Å². The lowest BCUT2D eigenvalue weighted by Gasteiger charge is -2.47. The van der Waals surface area contributed by atoms with Gasteiger partial charge in [0, 0.05) is 25.9 Å². The Labute approximate surface area is 120 Å². The summed E-state index contributed by atoms with van der Waals surface area (Å²) in [6.07, 6.45) is 4.21. The molecule has 1 fully saturated rings. The van der Waals surface area contributed by atoms with Gasteiger partial charge in [0.05, 0.1) is 11.6 Å². The van der Waals surface area contributed by atoms with Gasteiger partial charge in [0.15, 0.2) is 0 Å². The molecule has 0 amide bonds. The fourth-order valence-corrected chi connectivity index (χ4v) is 3.09. The minimum absolute atomic E-state index is 0.133. The van der Waals surface area contributed by atoms with Crippen molar-refractivity contribution in [2.45, 2.75) is 44.2 Å². The molecule has 0 aromatic heterocycles. The molecule has 1 saturated heterocycles. The van der Waals surface area contributed by atoms with Crippen LogP contribution in [0.15, 0.2) is 24.3 Å². The Kier molecular flexibility index (Phi) is 5.00. The van der Waals surface area contributed by atoms with E-state index >= 15 is 0 Å². The minimum Gasteiger partial charge on any atom is -0.378 e. The third kappa shape index (κ3) is 3.13. The van der Waals surface area contributed by atoms with E-state index in [-0.39, 0.29) is 17.5 Å². The maximum Gasteiger partial charge on any atom is 0.125 e. The smallest absolute Gasteiger partial charge is 0.125 e. The number of anilines is 1. The van der Waals surface area contributed by atoms with Gasteiger partial charge < -0.3 is 15.4 Å². The number of nitrogens with two attached hydrogens (primary N) is 1. The first-order chi connectivity index (χ1) is 9.61. The van der Waals surface area contributed by atoms with E-state index in [2.05, 4.69) is 11.8 Å². The lowest BCUT2D eigenvalue weighted by molar-refractivity contribution is -0.0216. The molecule has 0 aliphatic carbocycles. The Bertz CT molecular complexity index is 438. The molecule has 1 aliphatic heterocycles. The van der Waals surface area contributed by atoms with E-state index in [9.17, 15) is 4.39 Å². The summed E-state index contributed by atoms with van der Waals surface area (Å²) in [6, 6.07) is 6.72. The quantitative estimate of drug-likeness (QED) is 0.901. The van der Waals surface area contributed by atoms with E-state index in [1.54, 1.807) is 12.1 Å². The molecule has 0 saturated carbocycles. The van der Waals surface area contributed by atoms with Crippen LogP contribution in [0.4, 0.5) is 10.1 Å². The number of benzene rings is 1. The SMILES string of the molecule is CCCC1CC(CN)(N(C)c2cccc(F)c2)CCO1. The molecule has 112 valence electrons. The Balaban J connectivity index is 2.21. The molecule has 2 atom stereocenters. The fourth-order valence-electron chi connectivity index (χ4n) is 3.09. The molecule has 1 aromatic rings. The van der Waals surface area contributed by atoms with E-state index in [1.165, 1.54) is 6.07 Å². The fraction of sp³-hybridized carbons (Fsp3) is 0.625. The van der Waals surface area contributed by atoms with Crippen LogP contribution in [0.25, 0.3) is 0 Å². The van der Waals surface area contributed by atoms with Gasteiger partial charge in [-0.1, -0.05) is 19.4 Å². The van der Waals surface area contributed by atoms with Crippen molar-refractivity contribution in [3.05, 3.63) is 30.1 Å². The van der Waals surface area contributed by atoms with Gasteiger partial charge in [0.2, 0.25) is 0 Å². The standard InChI is InChI=1S/C16H25FN2O/c1-3-5-15-11-16(12-18,8-9-20-15)19(2)14-7-4-6-13(17)10-14/h4,6-7,10,15H,3,5,8-9,11-12,18H2,1-2H3. The second-order valence-corrected chi connectivity index (χ2v) is 5.70. The molecular weight excluding hydrogens is 255 g/mol. The number of hydrogen-bond acceptors (Lipinski definition) is 3. The lowest BCUT2D eigenvalue weighted by atomic mass is 9.83. The van der Waals surface area contributed by atoms with Crippen LogP contribution in [0.1, 0.15) is 32.6 Å². The maximum atomic E-state index is 13.4. The Hall–Kier alpha value is -1.13. The number of hydrogen-bond donors (Lipinski definition) is 1. The third-order valence-corrected chi connectivity index (χ3v) is 4.43. The maximum absolute atomic E-state index is 13.4. The number of halogens is 1. The monoisotopic (exact) mass is 280 g/mol. The number of nitrogens with zero attached hydrogens (tertiary/aromatic N) is 1. The van der Waals surface area contributed by atoms with Gasteiger partial charge in [-0.15, -0.1) is 0 Å². The van der Waals surface area contributed by atoms with Crippen LogP contribution in [0, 0.1) is 5.82 Å². The van der Waals surface area contributed by atoms with Crippen molar-refractivity contribution in [2.75, 3.05) is 25.1 Å². The normalized spacial score (nSPS) is 26.5. The zero-order valence-corrected chi connectivity index (χ0v) is 12.4. The first-order valence-corrected chi connectivity index (χ1v) is 7.42. The van der Waals surface area contributed by atoms with Crippen molar-refractivity contribution in [2.24, 2.45) is 5.73 Å². The highest BCUT2D eigenvalue weighted by Gasteiger charge is 2.39. The summed E-state index contributed by atoms with van der Waals surface area (Å²) in [5.74, 6) is -0.210. The summed E-state index contributed by atoms with van der Waals surface area (Å²) in [7, 11) is 2.01. The molecule has 20 heavy (non-hydrogen) atoms. The zero-order valence-electron chi connectivity index (χ0n) is 12.4. The highest BCUT2D eigenvalue weighted by molar-refractivity contribution is 5.49. The van der Waals surface area contributed by atoms with Crippen LogP contribution in [-0.4, -0.2) is 31.8 Å². The summed E-state index contributed by atoms with van der Waals surface area (Å²) in [4.78, 5) is 2.14. The molecule has 1 heterocycles. The summed E-state index contributed by atoms with van der Waals surface area (Å²) in [6.45, 7) is 3.45. The molecule has 2 rings (SSSR count). The second kappa shape index (κ2) is 6.55. The van der Waals surface area contributed by atoms with Crippen molar-refractivity contribution in [1.82, 2.24) is 0 Å². The van der Waals surface area contributed by atoms with Gasteiger partial charge in [0.1, 0.15) is 5.82 Å². The van der Waals surface area contributed by atoms with E-state index in [0.717, 1.165) is 38.0 Å². The molecule has 1 aromatic carbocycles. The van der Waals surface area contributed by atoms with Crippen molar-refractivity contribution in [1.29, 1.82) is 0 Å². The molecule has 0 bridgehead atoms. The predicted octanol–water partition coefficient (Wildman–Crippen LogP) is 2.94. The highest BCUT2D eigenvalue weighted by atomic mass is 19.1. The number of rotatable bonds is 5. The summed E-state index contributed by atoms with van der Waals surface area (Å²) < 4.78 is 19.3. The van der Waals surface area contributed by atoms with Crippen LogP contribution in [0.2, 0.25) is 0 Å². The zero-order chi connectivity index (χ0) is 14.6. The molecule has 1 aliphatic rings. The van der Waals surface area contributed by atoms with Crippen molar-refractivity contribution in [3.8, 4) is 0 Å². The highest BCUT2D eigenvalue weighted by Crippen LogP contribution is 2.34. The van der Waals surface area contributed by atoms with Crippen LogP contribution in [-0.2, 0) is 4.74 Å². The average molecular weight is 280 g/mol. The first kappa shape index (κ1) is 15.3. The molecule has 4 heteroatoms. The van der Waals surface area contributed by atoms with Crippen molar-refractivity contribution >= 4 is 5.69 Å². The van der Waals surface area contributed by atoms with E-state index in [1.807, 2.05) is 13.1 Å². The topological polar surface area (TPSA) is 38.5 Å². The Morgan fingerprint density at radius 3 is 2.95 bits per heavy atom. The lowest BCUT2D eigenvalue weighted by Crippen LogP contribution is -2.57. The largest absolute Gasteiger partial charge is 0.378 e. The van der Waals surface area contributed by atoms with E-state index in [4.69, 9.17) is 10.5 Å². The van der Waals surface area contributed by atoms with Gasteiger partial charge in [0.25, 0.3) is 0 Å². The number of likely N-dealkylation sites (N-methyl/N-ethyl adjacent to an activating group) is 1. The van der Waals surface area contributed by atoms with Crippen molar-refractivity contribution < 1.29 is 9.13 Å². The first-order valence-electron chi connectivity index (χ1n) is 7.42. The van der Waals surface area contributed by atoms with Crippen LogP contribution < -0.4 is 10.6 Å². The van der Waals surface area contributed by atoms with E-state index in [0.29, 0.717) is 6.54 Å². The van der Waals surface area contributed by atoms with Crippen LogP contribution in [0.5, 0.6) is 0 Å². The van der Waals surface area contributed by atoms with Crippen molar-refractivity contribution in [3.63, 3.8) is 0 Å². The van der Waals surface area contributed by atoms with E-state index < -0.39 is 0 Å². The minimum atomic E-state index is -0.210.